The minimum absolute atomic E-state index is 0.278. The molecule has 2 amide bonds. The van der Waals surface area contributed by atoms with Crippen LogP contribution in [0.1, 0.15) is 6.92 Å². The van der Waals surface area contributed by atoms with Crippen LogP contribution in [-0.2, 0) is 19.2 Å². The fourth-order valence-electron chi connectivity index (χ4n) is 0.356. The van der Waals surface area contributed by atoms with Crippen molar-refractivity contribution in [3.05, 3.63) is 12.2 Å². The maximum atomic E-state index is 10.0. The first-order valence-corrected chi connectivity index (χ1v) is 3.05. The van der Waals surface area contributed by atoms with Gasteiger partial charge in [0.25, 0.3) is 11.8 Å². The molecule has 5 heteroatoms. The summed E-state index contributed by atoms with van der Waals surface area (Å²) in [5, 5.41) is 2.03. The van der Waals surface area contributed by atoms with Crippen molar-refractivity contribution >= 4 is 23.9 Å². The molecule has 0 unspecified atom stereocenters. The molecule has 12 heavy (non-hydrogen) atoms. The number of nitrogens with one attached hydrogen (secondary N) is 1. The minimum Gasteiger partial charge on any atom is -0.295 e. The summed E-state index contributed by atoms with van der Waals surface area (Å²) in [6.07, 6.45) is 2.67. The van der Waals surface area contributed by atoms with Gasteiger partial charge in [-0.1, -0.05) is 0 Å². The van der Waals surface area contributed by atoms with Gasteiger partial charge in [0.2, 0.25) is 0 Å². The van der Waals surface area contributed by atoms with Crippen molar-refractivity contribution in [2.75, 3.05) is 0 Å². The quantitative estimate of drug-likeness (QED) is 0.309. The molecule has 1 rings (SSSR count). The molecule has 5 nitrogen and oxygen atoms in total. The largest absolute Gasteiger partial charge is 0.295 e. The zero-order valence-electron chi connectivity index (χ0n) is 6.37. The van der Waals surface area contributed by atoms with Gasteiger partial charge in [0.15, 0.2) is 12.1 Å². The fourth-order valence-corrected chi connectivity index (χ4v) is 0.356. The van der Waals surface area contributed by atoms with Crippen molar-refractivity contribution < 1.29 is 19.2 Å². The van der Waals surface area contributed by atoms with E-state index in [1.165, 1.54) is 19.1 Å². The van der Waals surface area contributed by atoms with E-state index in [1.807, 2.05) is 5.32 Å². The van der Waals surface area contributed by atoms with Gasteiger partial charge in [-0.2, -0.15) is 0 Å². The van der Waals surface area contributed by atoms with Gasteiger partial charge in [-0.3, -0.25) is 24.5 Å². The lowest BCUT2D eigenvalue weighted by Gasteiger charge is -1.80. The molecular formula is C7H7NO4. The number of ketones is 1. The number of aldehydes is 1. The second-order valence-corrected chi connectivity index (χ2v) is 1.92. The Kier molecular flexibility index (Phi) is 4.21. The highest BCUT2D eigenvalue weighted by Gasteiger charge is 2.06. The number of imide groups is 1. The summed E-state index contributed by atoms with van der Waals surface area (Å²) in [5.74, 6) is -1.08. The monoisotopic (exact) mass is 169 g/mol. The van der Waals surface area contributed by atoms with Crippen LogP contribution in [0.3, 0.4) is 0 Å². The van der Waals surface area contributed by atoms with E-state index in [0.717, 1.165) is 0 Å². The Morgan fingerprint density at radius 1 is 1.33 bits per heavy atom. The average molecular weight is 169 g/mol. The molecule has 0 spiro atoms. The number of carbonyl (C=O) groups excluding carboxylic acids is 4. The molecule has 1 aliphatic rings. The molecule has 0 saturated carbocycles. The normalized spacial score (nSPS) is 13.1. The Balaban J connectivity index is 0.000000217. The van der Waals surface area contributed by atoms with E-state index in [0.29, 0.717) is 0 Å². The van der Waals surface area contributed by atoms with E-state index in [1.54, 1.807) is 0 Å². The molecule has 0 fully saturated rings. The van der Waals surface area contributed by atoms with Crippen molar-refractivity contribution in [3.8, 4) is 0 Å². The highest BCUT2D eigenvalue weighted by atomic mass is 16.2. The van der Waals surface area contributed by atoms with E-state index in [9.17, 15) is 14.4 Å². The van der Waals surface area contributed by atoms with Crippen LogP contribution in [0.15, 0.2) is 12.2 Å². The first kappa shape index (κ1) is 10.2. The molecule has 1 heterocycles. The lowest BCUT2D eigenvalue weighted by Crippen LogP contribution is -2.19. The molecule has 0 bridgehead atoms. The lowest BCUT2D eigenvalue weighted by molar-refractivity contribution is -0.128. The Morgan fingerprint density at radius 2 is 1.67 bits per heavy atom. The zero-order chi connectivity index (χ0) is 9.56. The van der Waals surface area contributed by atoms with Gasteiger partial charge in [-0.05, 0) is 0 Å². The highest BCUT2D eigenvalue weighted by molar-refractivity contribution is 6.23. The summed E-state index contributed by atoms with van der Waals surface area (Å²) in [7, 11) is 0. The van der Waals surface area contributed by atoms with E-state index in [-0.39, 0.29) is 18.1 Å². The van der Waals surface area contributed by atoms with Gasteiger partial charge in [0.1, 0.15) is 0 Å². The molecule has 0 aromatic heterocycles. The zero-order valence-corrected chi connectivity index (χ0v) is 6.37. The Morgan fingerprint density at radius 3 is 1.75 bits per heavy atom. The number of rotatable bonds is 1. The predicted octanol–water partition coefficient (Wildman–Crippen LogP) is -1.03. The second-order valence-electron chi connectivity index (χ2n) is 1.92. The summed E-state index contributed by atoms with van der Waals surface area (Å²) in [6, 6.07) is 0. The molecular weight excluding hydrogens is 162 g/mol. The average Bonchev–Trinajstić information content (AvgIpc) is 2.36. The van der Waals surface area contributed by atoms with Gasteiger partial charge in [0, 0.05) is 19.1 Å². The van der Waals surface area contributed by atoms with Crippen molar-refractivity contribution in [1.82, 2.24) is 5.32 Å². The third-order valence-electron chi connectivity index (χ3n) is 0.798. The predicted molar refractivity (Wildman–Crippen MR) is 39.0 cm³/mol. The molecule has 0 aromatic carbocycles. The first-order chi connectivity index (χ1) is 5.56. The summed E-state index contributed by atoms with van der Waals surface area (Å²) >= 11 is 0. The van der Waals surface area contributed by atoms with E-state index in [2.05, 4.69) is 0 Å². The van der Waals surface area contributed by atoms with Gasteiger partial charge >= 0.3 is 0 Å². The van der Waals surface area contributed by atoms with Crippen LogP contribution in [0.25, 0.3) is 0 Å². The fraction of sp³-hybridized carbons (Fsp3) is 0.143. The van der Waals surface area contributed by atoms with Gasteiger partial charge in [-0.25, -0.2) is 0 Å². The smallest absolute Gasteiger partial charge is 0.250 e. The summed E-state index contributed by atoms with van der Waals surface area (Å²) < 4.78 is 0. The van der Waals surface area contributed by atoms with Gasteiger partial charge < -0.3 is 0 Å². The number of Topliss-reactive ketones (excluding diaryl/α,β-unsaturated/α-hetero) is 1. The standard InChI is InChI=1S/C4H3NO2.C3H4O2/c6-3-1-2-4(7)5-3;1-3(5)2-4/h1-2H,(H,5,6,7);2H,1H3. The minimum atomic E-state index is -0.426. The lowest BCUT2D eigenvalue weighted by atomic mass is 10.5. The molecule has 0 saturated heterocycles. The third-order valence-corrected chi connectivity index (χ3v) is 0.798. The highest BCUT2D eigenvalue weighted by Crippen LogP contribution is 1.82. The molecule has 0 atom stereocenters. The van der Waals surface area contributed by atoms with Crippen molar-refractivity contribution in [1.29, 1.82) is 0 Å². The Bertz CT molecular complexity index is 238. The summed E-state index contributed by atoms with van der Waals surface area (Å²) in [6.45, 7) is 1.22. The van der Waals surface area contributed by atoms with Gasteiger partial charge in [-0.15, -0.1) is 0 Å². The number of hydrogen-bond donors (Lipinski definition) is 1. The molecule has 1 N–H and O–H groups in total. The molecule has 0 aromatic rings. The number of hydrogen-bond acceptors (Lipinski definition) is 4. The van der Waals surface area contributed by atoms with E-state index < -0.39 is 5.78 Å². The third kappa shape index (κ3) is 5.04. The molecule has 64 valence electrons. The second kappa shape index (κ2) is 4.95. The maximum Gasteiger partial charge on any atom is 0.250 e. The maximum absolute atomic E-state index is 10.0. The van der Waals surface area contributed by atoms with Crippen LogP contribution < -0.4 is 5.32 Å². The van der Waals surface area contributed by atoms with Crippen LogP contribution >= 0.6 is 0 Å². The SMILES string of the molecule is CC(=O)C=O.O=C1C=CC(=O)N1. The van der Waals surface area contributed by atoms with Crippen LogP contribution in [0.4, 0.5) is 0 Å². The van der Waals surface area contributed by atoms with Gasteiger partial charge in [0.05, 0.1) is 0 Å². The van der Waals surface area contributed by atoms with Crippen LogP contribution in [0.2, 0.25) is 0 Å². The topological polar surface area (TPSA) is 80.3 Å². The summed E-state index contributed by atoms with van der Waals surface area (Å²) in [5.41, 5.74) is 0. The van der Waals surface area contributed by atoms with E-state index >= 15 is 0 Å². The van der Waals surface area contributed by atoms with Crippen molar-refractivity contribution in [3.63, 3.8) is 0 Å². The Labute approximate surface area is 68.4 Å². The van der Waals surface area contributed by atoms with Crippen LogP contribution in [0, 0.1) is 0 Å². The molecule has 0 radical (unpaired) electrons. The number of carbonyl (C=O) groups is 4. The van der Waals surface area contributed by atoms with Crippen molar-refractivity contribution in [2.45, 2.75) is 6.92 Å². The van der Waals surface area contributed by atoms with E-state index in [4.69, 9.17) is 4.79 Å². The first-order valence-electron chi connectivity index (χ1n) is 3.05. The Hall–Kier alpha value is -1.78. The van der Waals surface area contributed by atoms with Crippen LogP contribution in [0.5, 0.6) is 0 Å². The molecule has 1 aliphatic heterocycles. The van der Waals surface area contributed by atoms with Crippen LogP contribution in [-0.4, -0.2) is 23.9 Å². The summed E-state index contributed by atoms with van der Waals surface area (Å²) in [4.78, 5) is 38.7. The molecule has 0 aliphatic carbocycles. The van der Waals surface area contributed by atoms with Crippen molar-refractivity contribution in [2.24, 2.45) is 0 Å². The number of amides is 2.